The summed E-state index contributed by atoms with van der Waals surface area (Å²) >= 11 is 0. The molecule has 7 N–H and O–H groups in total. The Bertz CT molecular complexity index is 1070. The van der Waals surface area contributed by atoms with Crippen molar-refractivity contribution >= 4 is 11.9 Å². The average Bonchev–Trinajstić information content (AvgIpc) is 3.35. The number of aliphatic hydroxyl groups excluding tert-OH is 6. The van der Waals surface area contributed by atoms with Gasteiger partial charge in [0.1, 0.15) is 30.5 Å². The minimum atomic E-state index is -1.56. The van der Waals surface area contributed by atoms with E-state index in [9.17, 15) is 40.2 Å². The SMILES string of the molecule is C=CC(=O)O[C@@H]1CC[C@@]2(C)[C@H](C1)C[C@@H](O)[C@@H]1[C@H]3CC[C@H]([C@H](C)CCC(=O)N[C@H]4C(O)O[C@H](CO)[C@@H](O)[C@H]4O)[C@@]3(C)[C@@H](O)C[C@@H]12. The minimum Gasteiger partial charge on any atom is -0.459 e. The first kappa shape index (κ1) is 33.8. The fraction of sp³-hybridized carbons (Fsp3) is 0.879. The summed E-state index contributed by atoms with van der Waals surface area (Å²) in [6.45, 7) is 9.52. The summed E-state index contributed by atoms with van der Waals surface area (Å²) in [5.74, 6) is 0.0899. The van der Waals surface area contributed by atoms with Gasteiger partial charge in [-0.2, -0.15) is 0 Å². The Morgan fingerprint density at radius 2 is 1.77 bits per heavy atom. The van der Waals surface area contributed by atoms with Crippen molar-refractivity contribution in [1.82, 2.24) is 5.32 Å². The van der Waals surface area contributed by atoms with Crippen molar-refractivity contribution in [3.05, 3.63) is 12.7 Å². The summed E-state index contributed by atoms with van der Waals surface area (Å²) in [4.78, 5) is 24.7. The van der Waals surface area contributed by atoms with Gasteiger partial charge < -0.3 is 45.4 Å². The van der Waals surface area contributed by atoms with E-state index >= 15 is 0 Å². The van der Waals surface area contributed by atoms with Crippen LogP contribution >= 0.6 is 0 Å². The van der Waals surface area contributed by atoms with Crippen molar-refractivity contribution in [2.75, 3.05) is 6.61 Å². The molecule has 1 saturated heterocycles. The van der Waals surface area contributed by atoms with E-state index in [1.807, 2.05) is 0 Å². The predicted octanol–water partition coefficient (Wildman–Crippen LogP) is 1.02. The van der Waals surface area contributed by atoms with Gasteiger partial charge in [-0.3, -0.25) is 4.79 Å². The summed E-state index contributed by atoms with van der Waals surface area (Å²) in [5, 5.41) is 66.1. The summed E-state index contributed by atoms with van der Waals surface area (Å²) in [6.07, 6.45) is 0.513. The first-order chi connectivity index (χ1) is 20.8. The van der Waals surface area contributed by atoms with E-state index in [0.717, 1.165) is 32.1 Å². The zero-order valence-corrected chi connectivity index (χ0v) is 26.3. The number of rotatable bonds is 8. The lowest BCUT2D eigenvalue weighted by Gasteiger charge is -2.63. The Labute approximate surface area is 260 Å². The van der Waals surface area contributed by atoms with Gasteiger partial charge in [0.25, 0.3) is 0 Å². The Hall–Kier alpha value is -1.60. The molecular formula is C33H53NO10. The molecule has 1 unspecified atom stereocenters. The van der Waals surface area contributed by atoms with Gasteiger partial charge in [0.2, 0.25) is 5.91 Å². The molecule has 1 heterocycles. The van der Waals surface area contributed by atoms with Gasteiger partial charge in [-0.1, -0.05) is 27.4 Å². The largest absolute Gasteiger partial charge is 0.459 e. The zero-order valence-electron chi connectivity index (χ0n) is 26.3. The smallest absolute Gasteiger partial charge is 0.330 e. The second-order valence-corrected chi connectivity index (χ2v) is 15.0. The van der Waals surface area contributed by atoms with E-state index in [-0.39, 0.29) is 53.4 Å². The lowest BCUT2D eigenvalue weighted by molar-refractivity contribution is -0.253. The molecule has 5 fully saturated rings. The molecule has 0 aromatic carbocycles. The Morgan fingerprint density at radius 1 is 1.05 bits per heavy atom. The number of esters is 1. The fourth-order valence-corrected chi connectivity index (χ4v) is 10.5. The molecule has 5 rings (SSSR count). The van der Waals surface area contributed by atoms with Gasteiger partial charge in [-0.15, -0.1) is 0 Å². The molecule has 4 saturated carbocycles. The van der Waals surface area contributed by atoms with Crippen molar-refractivity contribution in [2.45, 2.75) is 128 Å². The number of fused-ring (bicyclic) bond motifs is 5. The van der Waals surface area contributed by atoms with Gasteiger partial charge in [-0.25, -0.2) is 4.79 Å². The van der Waals surface area contributed by atoms with E-state index in [2.05, 4.69) is 32.7 Å². The topological polar surface area (TPSA) is 186 Å². The second kappa shape index (κ2) is 12.9. The normalized spacial score (nSPS) is 49.2. The average molecular weight is 624 g/mol. The van der Waals surface area contributed by atoms with Gasteiger partial charge in [0, 0.05) is 12.5 Å². The standard InChI is InChI=1S/C33H53NO10/c1-5-26(39)43-18-10-11-32(3)17(12-18)13-22(36)27-20-8-7-19(33(20,4)24(37)14-21(27)32)16(2)6-9-25(38)34-28-30(41)29(40)23(15-35)44-31(28)42/h5,16-24,27-31,35-37,40-42H,1,6-15H2,2-4H3,(H,34,38)/t16-,17-,18-,19-,20-,21+,22-,23-,24+,27-,28-,29-,30+,31?,32+,33-/m1/s1. The summed E-state index contributed by atoms with van der Waals surface area (Å²) in [7, 11) is 0. The van der Waals surface area contributed by atoms with E-state index in [1.54, 1.807) is 0 Å². The number of carbonyl (C=O) groups excluding carboxylic acids is 2. The number of ether oxygens (including phenoxy) is 2. The lowest BCUT2D eigenvalue weighted by Crippen LogP contribution is -2.64. The van der Waals surface area contributed by atoms with Crippen LogP contribution in [-0.2, 0) is 19.1 Å². The van der Waals surface area contributed by atoms with E-state index < -0.39 is 66.8 Å². The van der Waals surface area contributed by atoms with Crippen LogP contribution in [0.3, 0.4) is 0 Å². The molecular weight excluding hydrogens is 570 g/mol. The molecule has 250 valence electrons. The highest BCUT2D eigenvalue weighted by Crippen LogP contribution is 2.68. The molecule has 11 nitrogen and oxygen atoms in total. The van der Waals surface area contributed by atoms with Crippen molar-refractivity contribution in [2.24, 2.45) is 46.3 Å². The molecule has 1 amide bonds. The Kier molecular flexibility index (Phi) is 9.89. The monoisotopic (exact) mass is 623 g/mol. The number of carbonyl (C=O) groups is 2. The van der Waals surface area contributed by atoms with Crippen LogP contribution in [0.4, 0.5) is 0 Å². The lowest BCUT2D eigenvalue weighted by atomic mass is 9.43. The molecule has 0 aromatic rings. The Morgan fingerprint density at radius 3 is 2.45 bits per heavy atom. The highest BCUT2D eigenvalue weighted by atomic mass is 16.6. The number of hydrogen-bond donors (Lipinski definition) is 7. The molecule has 0 aromatic heterocycles. The van der Waals surface area contributed by atoms with Crippen LogP contribution in [0.25, 0.3) is 0 Å². The summed E-state index contributed by atoms with van der Waals surface area (Å²) < 4.78 is 10.7. The van der Waals surface area contributed by atoms with Crippen LogP contribution in [0, 0.1) is 46.3 Å². The molecule has 11 heteroatoms. The van der Waals surface area contributed by atoms with Crippen LogP contribution in [0.1, 0.15) is 78.6 Å². The predicted molar refractivity (Wildman–Crippen MR) is 158 cm³/mol. The molecule has 0 bridgehead atoms. The van der Waals surface area contributed by atoms with Crippen LogP contribution < -0.4 is 5.32 Å². The highest BCUT2D eigenvalue weighted by Gasteiger charge is 2.66. The fourth-order valence-electron chi connectivity index (χ4n) is 10.5. The number of amides is 1. The van der Waals surface area contributed by atoms with Crippen molar-refractivity contribution in [1.29, 1.82) is 0 Å². The van der Waals surface area contributed by atoms with E-state index in [0.29, 0.717) is 19.3 Å². The third-order valence-electron chi connectivity index (χ3n) is 13.0. The Balaban J connectivity index is 1.22. The highest BCUT2D eigenvalue weighted by molar-refractivity contribution is 5.81. The number of hydrogen-bond acceptors (Lipinski definition) is 10. The van der Waals surface area contributed by atoms with Crippen LogP contribution in [0.5, 0.6) is 0 Å². The van der Waals surface area contributed by atoms with Gasteiger partial charge >= 0.3 is 5.97 Å². The van der Waals surface area contributed by atoms with Crippen molar-refractivity contribution < 1.29 is 49.7 Å². The number of nitrogens with one attached hydrogen (secondary N) is 1. The molecule has 44 heavy (non-hydrogen) atoms. The summed E-state index contributed by atoms with van der Waals surface area (Å²) in [5.41, 5.74) is -0.446. The zero-order chi connectivity index (χ0) is 32.1. The maximum absolute atomic E-state index is 12.9. The van der Waals surface area contributed by atoms with E-state index in [4.69, 9.17) is 9.47 Å². The maximum atomic E-state index is 12.9. The van der Waals surface area contributed by atoms with Crippen LogP contribution in [-0.4, -0.2) is 98.1 Å². The van der Waals surface area contributed by atoms with Gasteiger partial charge in [0.05, 0.1) is 18.8 Å². The number of aliphatic hydroxyl groups is 6. The van der Waals surface area contributed by atoms with Gasteiger partial charge in [0.15, 0.2) is 6.29 Å². The van der Waals surface area contributed by atoms with Crippen LogP contribution in [0.2, 0.25) is 0 Å². The van der Waals surface area contributed by atoms with E-state index in [1.165, 1.54) is 6.08 Å². The quantitative estimate of drug-likeness (QED) is 0.152. The second-order valence-electron chi connectivity index (χ2n) is 15.0. The van der Waals surface area contributed by atoms with Crippen LogP contribution in [0.15, 0.2) is 12.7 Å². The molecule has 1 aliphatic heterocycles. The molecule has 16 atom stereocenters. The minimum absolute atomic E-state index is 0.0478. The molecule has 0 radical (unpaired) electrons. The summed E-state index contributed by atoms with van der Waals surface area (Å²) in [6, 6.07) is -1.22. The molecule has 0 spiro atoms. The maximum Gasteiger partial charge on any atom is 0.330 e. The molecule has 5 aliphatic rings. The van der Waals surface area contributed by atoms with Gasteiger partial charge in [-0.05, 0) is 97.7 Å². The van der Waals surface area contributed by atoms with Crippen molar-refractivity contribution in [3.8, 4) is 0 Å². The molecule has 4 aliphatic carbocycles. The third kappa shape index (κ3) is 5.75. The first-order valence-corrected chi connectivity index (χ1v) is 16.5. The van der Waals surface area contributed by atoms with Crippen molar-refractivity contribution in [3.63, 3.8) is 0 Å². The first-order valence-electron chi connectivity index (χ1n) is 16.5. The third-order valence-corrected chi connectivity index (χ3v) is 13.0.